The van der Waals surface area contributed by atoms with Gasteiger partial charge in [0, 0.05) is 29.3 Å². The van der Waals surface area contributed by atoms with Gasteiger partial charge in [0.05, 0.1) is 23.2 Å². The summed E-state index contributed by atoms with van der Waals surface area (Å²) < 4.78 is 27.5. The molecular formula is C18H13ClF2N2O3S. The number of carbonyl (C=O) groups is 2. The minimum Gasteiger partial charge on any atom is -0.481 e. The molecule has 2 aromatic carbocycles. The minimum absolute atomic E-state index is 0.000487. The fourth-order valence-corrected chi connectivity index (χ4v) is 3.57. The van der Waals surface area contributed by atoms with Crippen LogP contribution in [-0.2, 0) is 16.1 Å². The van der Waals surface area contributed by atoms with E-state index in [4.69, 9.17) is 16.7 Å². The maximum absolute atomic E-state index is 13.9. The van der Waals surface area contributed by atoms with E-state index in [9.17, 15) is 18.4 Å². The first-order valence-corrected chi connectivity index (χ1v) is 9.05. The van der Waals surface area contributed by atoms with Crippen LogP contribution in [0.1, 0.15) is 17.8 Å². The quantitative estimate of drug-likeness (QED) is 0.643. The van der Waals surface area contributed by atoms with Crippen molar-refractivity contribution in [1.82, 2.24) is 4.98 Å². The van der Waals surface area contributed by atoms with Crippen LogP contribution in [0.5, 0.6) is 0 Å². The Kier molecular flexibility index (Phi) is 5.67. The molecule has 0 radical (unpaired) electrons. The van der Waals surface area contributed by atoms with Gasteiger partial charge in [-0.05, 0) is 24.3 Å². The average molecular weight is 411 g/mol. The number of benzene rings is 2. The predicted octanol–water partition coefficient (Wildman–Crippen LogP) is 4.63. The van der Waals surface area contributed by atoms with Crippen molar-refractivity contribution in [3.8, 4) is 0 Å². The van der Waals surface area contributed by atoms with E-state index >= 15 is 0 Å². The lowest BCUT2D eigenvalue weighted by Gasteiger charge is -2.21. The Morgan fingerprint density at radius 1 is 1.15 bits per heavy atom. The van der Waals surface area contributed by atoms with Crippen LogP contribution in [0.15, 0.2) is 36.4 Å². The van der Waals surface area contributed by atoms with Crippen molar-refractivity contribution in [3.05, 3.63) is 58.1 Å². The molecule has 0 saturated heterocycles. The van der Waals surface area contributed by atoms with Crippen LogP contribution in [0, 0.1) is 11.6 Å². The third-order valence-electron chi connectivity index (χ3n) is 3.74. The van der Waals surface area contributed by atoms with Crippen LogP contribution in [0.2, 0.25) is 5.02 Å². The number of hydrogen-bond donors (Lipinski definition) is 1. The molecule has 0 aliphatic rings. The number of carboxylic acid groups (broad SMARTS) is 1. The Hall–Kier alpha value is -2.58. The van der Waals surface area contributed by atoms with E-state index in [2.05, 4.69) is 4.98 Å². The van der Waals surface area contributed by atoms with Crippen molar-refractivity contribution in [2.24, 2.45) is 0 Å². The van der Waals surface area contributed by atoms with Crippen molar-refractivity contribution in [3.63, 3.8) is 0 Å². The molecule has 9 heteroatoms. The van der Waals surface area contributed by atoms with Gasteiger partial charge in [-0.1, -0.05) is 11.6 Å². The maximum Gasteiger partial charge on any atom is 0.303 e. The molecule has 3 aromatic rings. The molecule has 27 heavy (non-hydrogen) atoms. The molecule has 1 amide bonds. The highest BCUT2D eigenvalue weighted by atomic mass is 35.5. The first-order valence-electron chi connectivity index (χ1n) is 7.85. The van der Waals surface area contributed by atoms with Gasteiger partial charge < -0.3 is 10.0 Å². The molecule has 0 saturated carbocycles. The molecular weight excluding hydrogens is 398 g/mol. The van der Waals surface area contributed by atoms with Crippen LogP contribution < -0.4 is 4.90 Å². The van der Waals surface area contributed by atoms with Crippen LogP contribution in [-0.4, -0.2) is 22.0 Å². The number of anilines is 1. The zero-order valence-electron chi connectivity index (χ0n) is 13.8. The smallest absolute Gasteiger partial charge is 0.303 e. The monoisotopic (exact) mass is 410 g/mol. The number of thiazole rings is 1. The van der Waals surface area contributed by atoms with Crippen molar-refractivity contribution in [1.29, 1.82) is 0 Å². The van der Waals surface area contributed by atoms with Gasteiger partial charge in [-0.2, -0.15) is 0 Å². The third kappa shape index (κ3) is 4.58. The number of fused-ring (bicyclic) bond motifs is 1. The number of carbonyl (C=O) groups excluding carboxylic acids is 1. The predicted molar refractivity (Wildman–Crippen MR) is 99.0 cm³/mol. The van der Waals surface area contributed by atoms with E-state index in [0.29, 0.717) is 15.7 Å². The minimum atomic E-state index is -1.09. The Balaban J connectivity index is 1.93. The number of aliphatic carboxylic acids is 1. The third-order valence-corrected chi connectivity index (χ3v) is 5.06. The number of nitrogens with zero attached hydrogens (tertiary/aromatic N) is 2. The van der Waals surface area contributed by atoms with E-state index in [0.717, 1.165) is 23.5 Å². The van der Waals surface area contributed by atoms with Gasteiger partial charge in [0.15, 0.2) is 0 Å². The largest absolute Gasteiger partial charge is 0.481 e. The summed E-state index contributed by atoms with van der Waals surface area (Å²) in [6, 6.07) is 8.34. The lowest BCUT2D eigenvalue weighted by Crippen LogP contribution is -2.30. The van der Waals surface area contributed by atoms with Gasteiger partial charge in [0.2, 0.25) is 5.91 Å². The van der Waals surface area contributed by atoms with Gasteiger partial charge in [-0.3, -0.25) is 9.59 Å². The van der Waals surface area contributed by atoms with Crippen molar-refractivity contribution < 1.29 is 23.5 Å². The molecule has 3 rings (SSSR count). The van der Waals surface area contributed by atoms with E-state index in [1.807, 2.05) is 0 Å². The fourth-order valence-electron chi connectivity index (χ4n) is 2.50. The van der Waals surface area contributed by atoms with Gasteiger partial charge >= 0.3 is 5.97 Å². The highest BCUT2D eigenvalue weighted by Gasteiger charge is 2.20. The van der Waals surface area contributed by atoms with Gasteiger partial charge in [-0.15, -0.1) is 11.3 Å². The summed E-state index contributed by atoms with van der Waals surface area (Å²) in [4.78, 5) is 28.9. The second-order valence-electron chi connectivity index (χ2n) is 5.69. The Morgan fingerprint density at radius 3 is 2.52 bits per heavy atom. The Bertz CT molecular complexity index is 1010. The Morgan fingerprint density at radius 2 is 1.85 bits per heavy atom. The Labute approximate surface area is 161 Å². The molecule has 0 spiro atoms. The molecule has 1 heterocycles. The SMILES string of the molecule is O=C(O)CCC(=O)N(Cc1nc2cc(F)cc(F)c2s1)c1ccc(Cl)cc1. The molecule has 0 bridgehead atoms. The van der Waals surface area contributed by atoms with Crippen LogP contribution in [0.3, 0.4) is 0 Å². The number of carboxylic acids is 1. The lowest BCUT2D eigenvalue weighted by molar-refractivity contribution is -0.138. The van der Waals surface area contributed by atoms with Crippen LogP contribution >= 0.6 is 22.9 Å². The molecule has 1 aromatic heterocycles. The van der Waals surface area contributed by atoms with Crippen molar-refractivity contribution in [2.45, 2.75) is 19.4 Å². The summed E-state index contributed by atoms with van der Waals surface area (Å²) in [5.74, 6) is -2.96. The summed E-state index contributed by atoms with van der Waals surface area (Å²) in [6.45, 7) is 0.000487. The van der Waals surface area contributed by atoms with Crippen LogP contribution in [0.25, 0.3) is 10.2 Å². The number of aromatic nitrogens is 1. The number of hydrogen-bond acceptors (Lipinski definition) is 4. The number of halogens is 3. The molecule has 140 valence electrons. The second-order valence-corrected chi connectivity index (χ2v) is 7.21. The first-order chi connectivity index (χ1) is 12.8. The van der Waals surface area contributed by atoms with Crippen molar-refractivity contribution >= 4 is 50.7 Å². The normalized spacial score (nSPS) is 10.9. The summed E-state index contributed by atoms with van der Waals surface area (Å²) >= 11 is 6.89. The summed E-state index contributed by atoms with van der Waals surface area (Å²) in [7, 11) is 0. The zero-order chi connectivity index (χ0) is 19.6. The van der Waals surface area contributed by atoms with Crippen molar-refractivity contribution in [2.75, 3.05) is 4.90 Å². The van der Waals surface area contributed by atoms with E-state index in [1.165, 1.54) is 4.90 Å². The zero-order valence-corrected chi connectivity index (χ0v) is 15.4. The molecule has 0 aliphatic heterocycles. The van der Waals surface area contributed by atoms with Gasteiger partial charge in [0.1, 0.15) is 16.6 Å². The highest BCUT2D eigenvalue weighted by Crippen LogP contribution is 2.29. The fraction of sp³-hybridized carbons (Fsp3) is 0.167. The van der Waals surface area contributed by atoms with Gasteiger partial charge in [-0.25, -0.2) is 13.8 Å². The molecule has 5 nitrogen and oxygen atoms in total. The van der Waals surface area contributed by atoms with E-state index < -0.39 is 23.5 Å². The molecule has 0 fully saturated rings. The van der Waals surface area contributed by atoms with E-state index in [1.54, 1.807) is 24.3 Å². The summed E-state index contributed by atoms with van der Waals surface area (Å²) in [6.07, 6.45) is -0.519. The van der Waals surface area contributed by atoms with E-state index in [-0.39, 0.29) is 29.6 Å². The van der Waals surface area contributed by atoms with Crippen LogP contribution in [0.4, 0.5) is 14.5 Å². The standard InChI is InChI=1S/C18H13ClF2N2O3S/c19-10-1-3-12(4-2-10)23(16(24)5-6-17(25)26)9-15-22-14-8-11(20)7-13(21)18(14)27-15/h1-4,7-8H,5-6,9H2,(H,25,26). The molecule has 0 unspecified atom stereocenters. The molecule has 0 atom stereocenters. The summed E-state index contributed by atoms with van der Waals surface area (Å²) in [5, 5.41) is 9.69. The second kappa shape index (κ2) is 7.98. The highest BCUT2D eigenvalue weighted by molar-refractivity contribution is 7.18. The maximum atomic E-state index is 13.9. The number of amides is 1. The first kappa shape index (κ1) is 19.2. The molecule has 1 N–H and O–H groups in total. The molecule has 0 aliphatic carbocycles. The topological polar surface area (TPSA) is 70.5 Å². The number of rotatable bonds is 6. The van der Waals surface area contributed by atoms with Gasteiger partial charge in [0.25, 0.3) is 0 Å². The summed E-state index contributed by atoms with van der Waals surface area (Å²) in [5.41, 5.74) is 0.669. The average Bonchev–Trinajstić information content (AvgIpc) is 3.01. The lowest BCUT2D eigenvalue weighted by atomic mass is 10.2.